The van der Waals surface area contributed by atoms with Gasteiger partial charge >= 0.3 is 1.43 Å². The van der Waals surface area contributed by atoms with E-state index in [2.05, 4.69) is 10.4 Å². The summed E-state index contributed by atoms with van der Waals surface area (Å²) < 4.78 is 1.85. The molecule has 0 radical (unpaired) electrons. The Morgan fingerprint density at radius 3 is 3.21 bits per heavy atom. The number of primary amides is 1. The van der Waals surface area contributed by atoms with Gasteiger partial charge in [0.15, 0.2) is 0 Å². The van der Waals surface area contributed by atoms with E-state index in [0.29, 0.717) is 5.69 Å². The van der Waals surface area contributed by atoms with E-state index >= 15 is 0 Å². The number of aromatic nitrogens is 2. The maximum Gasteiger partial charge on any atom is 1.00 e. The predicted octanol–water partition coefficient (Wildman–Crippen LogP) is -3.41. The number of nitrogens with one attached hydrogen (secondary N) is 1. The number of halogens is 1. The standard InChI is InChI=1S/C8H12N4O.ClH/c9-8(13)7-4-6-5-10-2-1-3-12(6)11-7;/h4,10H,1-3,5H2,(H2,9,13);1H. The van der Waals surface area contributed by atoms with Crippen molar-refractivity contribution in [2.45, 2.75) is 19.5 Å². The molecule has 0 bridgehead atoms. The molecule has 2 heterocycles. The highest BCUT2D eigenvalue weighted by atomic mass is 35.5. The summed E-state index contributed by atoms with van der Waals surface area (Å²) in [5, 5.41) is 7.36. The predicted molar refractivity (Wildman–Crippen MR) is 48.2 cm³/mol. The molecule has 0 saturated carbocycles. The van der Waals surface area contributed by atoms with E-state index in [4.69, 9.17) is 5.73 Å². The van der Waals surface area contributed by atoms with E-state index in [9.17, 15) is 4.79 Å². The summed E-state index contributed by atoms with van der Waals surface area (Å²) in [6.45, 7) is 2.62. The molecule has 78 valence electrons. The smallest absolute Gasteiger partial charge is 1.00 e. The van der Waals surface area contributed by atoms with Crippen LogP contribution in [0.2, 0.25) is 0 Å². The van der Waals surface area contributed by atoms with Crippen LogP contribution in [0, 0.1) is 0 Å². The van der Waals surface area contributed by atoms with Crippen LogP contribution < -0.4 is 23.5 Å². The van der Waals surface area contributed by atoms with Gasteiger partial charge in [-0.25, -0.2) is 0 Å². The molecule has 0 aromatic carbocycles. The Morgan fingerprint density at radius 2 is 2.50 bits per heavy atom. The van der Waals surface area contributed by atoms with Crippen LogP contribution in [-0.2, 0) is 13.1 Å². The summed E-state index contributed by atoms with van der Waals surface area (Å²) in [7, 11) is 0. The van der Waals surface area contributed by atoms with E-state index < -0.39 is 5.91 Å². The second kappa shape index (κ2) is 4.43. The van der Waals surface area contributed by atoms with Crippen LogP contribution in [0.25, 0.3) is 0 Å². The van der Waals surface area contributed by atoms with Crippen LogP contribution in [-0.4, -0.2) is 22.2 Å². The number of carbonyl (C=O) groups is 1. The first-order chi connectivity index (χ1) is 6.27. The number of aryl methyl sites for hydroxylation is 1. The Labute approximate surface area is 89.5 Å². The highest BCUT2D eigenvalue weighted by Gasteiger charge is 2.12. The Bertz CT molecular complexity index is 318. The molecule has 0 atom stereocenters. The van der Waals surface area contributed by atoms with Crippen LogP contribution in [0.3, 0.4) is 0 Å². The number of carbonyl (C=O) groups excluding carboxylic acids is 1. The lowest BCUT2D eigenvalue weighted by Crippen LogP contribution is -3.00. The monoisotopic (exact) mass is 216 g/mol. The summed E-state index contributed by atoms with van der Waals surface area (Å²) >= 11 is 0. The summed E-state index contributed by atoms with van der Waals surface area (Å²) in [5.41, 5.74) is 6.52. The molecular weight excluding hydrogens is 204 g/mol. The van der Waals surface area contributed by atoms with Gasteiger partial charge in [-0.05, 0) is 19.0 Å². The molecule has 1 aliphatic rings. The minimum Gasteiger partial charge on any atom is -1.00 e. The van der Waals surface area contributed by atoms with Crippen molar-refractivity contribution in [2.75, 3.05) is 6.54 Å². The molecule has 1 aromatic heterocycles. The number of fused-ring (bicyclic) bond motifs is 1. The highest BCUT2D eigenvalue weighted by molar-refractivity contribution is 5.90. The number of hydrogen-bond donors (Lipinski definition) is 2. The van der Waals surface area contributed by atoms with E-state index in [1.165, 1.54) is 0 Å². The van der Waals surface area contributed by atoms with Gasteiger partial charge in [-0.1, -0.05) is 0 Å². The number of nitrogens with zero attached hydrogens (tertiary/aromatic N) is 2. The van der Waals surface area contributed by atoms with Gasteiger partial charge in [0.1, 0.15) is 5.69 Å². The molecule has 0 fully saturated rings. The fourth-order valence-electron chi connectivity index (χ4n) is 1.48. The quantitative estimate of drug-likeness (QED) is 0.514. The molecule has 0 spiro atoms. The molecule has 3 N–H and O–H groups in total. The molecule has 5 nitrogen and oxygen atoms in total. The normalized spacial score (nSPS) is 15.1. The Kier molecular flexibility index (Phi) is 3.49. The van der Waals surface area contributed by atoms with Crippen LogP contribution in [0.4, 0.5) is 0 Å². The molecule has 0 unspecified atom stereocenters. The van der Waals surface area contributed by atoms with Crippen LogP contribution in [0.1, 0.15) is 24.0 Å². The van der Waals surface area contributed by atoms with Gasteiger partial charge in [0.25, 0.3) is 5.91 Å². The van der Waals surface area contributed by atoms with Crippen molar-refractivity contribution >= 4 is 5.91 Å². The van der Waals surface area contributed by atoms with Crippen molar-refractivity contribution in [3.8, 4) is 0 Å². The van der Waals surface area contributed by atoms with Crippen molar-refractivity contribution in [1.82, 2.24) is 15.1 Å². The minimum absolute atomic E-state index is 0. The topological polar surface area (TPSA) is 72.9 Å². The molecular formula is C8H13ClN4O. The average Bonchev–Trinajstić information content (AvgIpc) is 2.38. The van der Waals surface area contributed by atoms with Gasteiger partial charge in [-0.15, -0.1) is 0 Å². The molecule has 2 rings (SSSR count). The molecule has 1 amide bonds. The van der Waals surface area contributed by atoms with Crippen molar-refractivity contribution < 1.29 is 18.6 Å². The second-order valence-corrected chi connectivity index (χ2v) is 3.14. The van der Waals surface area contributed by atoms with Gasteiger partial charge in [0.05, 0.1) is 5.69 Å². The van der Waals surface area contributed by atoms with E-state index in [1.807, 2.05) is 4.68 Å². The van der Waals surface area contributed by atoms with Crippen LogP contribution >= 0.6 is 0 Å². The van der Waals surface area contributed by atoms with E-state index in [1.54, 1.807) is 6.07 Å². The van der Waals surface area contributed by atoms with Crippen molar-refractivity contribution in [3.05, 3.63) is 17.5 Å². The maximum atomic E-state index is 10.8. The lowest BCUT2D eigenvalue weighted by molar-refractivity contribution is -0.0000110. The first-order valence-electron chi connectivity index (χ1n) is 4.34. The zero-order valence-corrected chi connectivity index (χ0v) is 8.42. The highest BCUT2D eigenvalue weighted by Crippen LogP contribution is 2.07. The Morgan fingerprint density at radius 1 is 1.71 bits per heavy atom. The lowest BCUT2D eigenvalue weighted by Gasteiger charge is -1.98. The largest absolute Gasteiger partial charge is 1.00 e. The molecule has 0 aliphatic carbocycles. The number of amides is 1. The fourth-order valence-corrected chi connectivity index (χ4v) is 1.48. The molecule has 14 heavy (non-hydrogen) atoms. The molecule has 6 heteroatoms. The number of hydrogen-bond acceptors (Lipinski definition) is 3. The SMILES string of the molecule is NC(=O)c1cc2n(n1)CCCNC2.[Cl-].[H+]. The minimum atomic E-state index is -0.458. The average molecular weight is 217 g/mol. The third-order valence-corrected chi connectivity index (χ3v) is 2.15. The first kappa shape index (κ1) is 11.0. The Hall–Kier alpha value is -1.07. The summed E-state index contributed by atoms with van der Waals surface area (Å²) in [6.07, 6.45) is 1.03. The number of rotatable bonds is 1. The second-order valence-electron chi connectivity index (χ2n) is 3.14. The zero-order chi connectivity index (χ0) is 9.26. The lowest BCUT2D eigenvalue weighted by atomic mass is 10.3. The van der Waals surface area contributed by atoms with Crippen molar-refractivity contribution in [2.24, 2.45) is 5.73 Å². The third-order valence-electron chi connectivity index (χ3n) is 2.15. The van der Waals surface area contributed by atoms with Gasteiger partial charge in [-0.2, -0.15) is 5.10 Å². The molecule has 0 saturated heterocycles. The zero-order valence-electron chi connectivity index (χ0n) is 8.66. The van der Waals surface area contributed by atoms with Gasteiger partial charge in [0, 0.05) is 13.1 Å². The molecule has 1 aromatic rings. The van der Waals surface area contributed by atoms with Gasteiger partial charge in [0.2, 0.25) is 0 Å². The van der Waals surface area contributed by atoms with Crippen LogP contribution in [0.15, 0.2) is 6.07 Å². The van der Waals surface area contributed by atoms with Crippen LogP contribution in [0.5, 0.6) is 0 Å². The van der Waals surface area contributed by atoms with Crippen molar-refractivity contribution in [3.63, 3.8) is 0 Å². The third kappa shape index (κ3) is 2.05. The summed E-state index contributed by atoms with van der Waals surface area (Å²) in [6, 6.07) is 1.75. The fraction of sp³-hybridized carbons (Fsp3) is 0.500. The van der Waals surface area contributed by atoms with Gasteiger partial charge < -0.3 is 23.5 Å². The molecule has 1 aliphatic heterocycles. The van der Waals surface area contributed by atoms with E-state index in [0.717, 1.165) is 31.7 Å². The van der Waals surface area contributed by atoms with Gasteiger partial charge in [-0.3, -0.25) is 9.48 Å². The Balaban J connectivity index is 0.000000980. The first-order valence-corrected chi connectivity index (χ1v) is 4.34. The summed E-state index contributed by atoms with van der Waals surface area (Å²) in [5.74, 6) is -0.458. The maximum absolute atomic E-state index is 10.8. The number of nitrogens with two attached hydrogens (primary N) is 1. The summed E-state index contributed by atoms with van der Waals surface area (Å²) in [4.78, 5) is 10.8. The van der Waals surface area contributed by atoms with Crippen molar-refractivity contribution in [1.29, 1.82) is 0 Å². The van der Waals surface area contributed by atoms with E-state index in [-0.39, 0.29) is 13.8 Å².